The molecule has 0 spiro atoms. The van der Waals surface area contributed by atoms with E-state index in [0.717, 1.165) is 19.2 Å². The Morgan fingerprint density at radius 2 is 2.05 bits per heavy atom. The molecule has 3 N–H and O–H groups in total. The predicted molar refractivity (Wildman–Crippen MR) is 67.4 cm³/mol. The number of hydrogen-bond acceptors (Lipinski definition) is 5. The molecular formula is C13H16FNO5. The van der Waals surface area contributed by atoms with Gasteiger partial charge in [-0.3, -0.25) is 4.79 Å². The molecule has 2 atom stereocenters. The molecule has 0 saturated carbocycles. The van der Waals surface area contributed by atoms with E-state index in [-0.39, 0.29) is 23.6 Å². The van der Waals surface area contributed by atoms with Gasteiger partial charge >= 0.3 is 5.97 Å². The lowest BCUT2D eigenvalue weighted by Crippen LogP contribution is -2.34. The van der Waals surface area contributed by atoms with Gasteiger partial charge in [0.25, 0.3) is 0 Å². The largest absolute Gasteiger partial charge is 0.465 e. The Bertz CT molecular complexity index is 506. The molecule has 110 valence electrons. The number of halogens is 1. The fourth-order valence-electron chi connectivity index (χ4n) is 1.58. The first kappa shape index (κ1) is 16.1. The van der Waals surface area contributed by atoms with Gasteiger partial charge in [-0.15, -0.1) is 0 Å². The van der Waals surface area contributed by atoms with Crippen LogP contribution < -0.4 is 5.32 Å². The maximum absolute atomic E-state index is 13.4. The second kappa shape index (κ2) is 6.97. The summed E-state index contributed by atoms with van der Waals surface area (Å²) in [5, 5.41) is 21.9. The van der Waals surface area contributed by atoms with Crippen LogP contribution in [0.25, 0.3) is 0 Å². The molecule has 0 saturated heterocycles. The molecular weight excluding hydrogens is 269 g/mol. The molecule has 0 aromatic heterocycles. The molecule has 0 aliphatic heterocycles. The van der Waals surface area contributed by atoms with Crippen LogP contribution >= 0.6 is 0 Å². The molecule has 1 aromatic carbocycles. The lowest BCUT2D eigenvalue weighted by atomic mass is 10.0. The molecule has 0 radical (unpaired) electrons. The Labute approximate surface area is 115 Å². The fourth-order valence-corrected chi connectivity index (χ4v) is 1.58. The van der Waals surface area contributed by atoms with E-state index in [4.69, 9.17) is 0 Å². The third-order valence-electron chi connectivity index (χ3n) is 2.66. The van der Waals surface area contributed by atoms with Gasteiger partial charge in [0, 0.05) is 13.5 Å². The van der Waals surface area contributed by atoms with Crippen LogP contribution in [0.15, 0.2) is 18.2 Å². The van der Waals surface area contributed by atoms with Crippen molar-refractivity contribution >= 4 is 11.9 Å². The summed E-state index contributed by atoms with van der Waals surface area (Å²) in [6, 6.07) is 3.34. The maximum Gasteiger partial charge on any atom is 0.340 e. The summed E-state index contributed by atoms with van der Waals surface area (Å²) in [4.78, 5) is 22.1. The number of methoxy groups -OCH3 is 1. The van der Waals surface area contributed by atoms with Gasteiger partial charge < -0.3 is 20.3 Å². The molecule has 1 amide bonds. The summed E-state index contributed by atoms with van der Waals surface area (Å²) in [5.74, 6) is -2.03. The normalized spacial score (nSPS) is 13.4. The minimum absolute atomic E-state index is 0.143. The van der Waals surface area contributed by atoms with E-state index in [1.165, 1.54) is 13.0 Å². The molecule has 20 heavy (non-hydrogen) atoms. The molecule has 0 bridgehead atoms. The highest BCUT2D eigenvalue weighted by molar-refractivity contribution is 5.89. The van der Waals surface area contributed by atoms with Crippen LogP contribution in [-0.2, 0) is 9.53 Å². The number of nitrogens with one attached hydrogen (secondary N) is 1. The second-order valence-electron chi connectivity index (χ2n) is 4.18. The Balaban J connectivity index is 2.90. The topological polar surface area (TPSA) is 95.9 Å². The molecule has 6 nitrogen and oxygen atoms in total. The van der Waals surface area contributed by atoms with E-state index in [9.17, 15) is 24.2 Å². The molecule has 0 fully saturated rings. The van der Waals surface area contributed by atoms with Crippen molar-refractivity contribution < 1.29 is 28.9 Å². The first-order valence-corrected chi connectivity index (χ1v) is 5.85. The minimum Gasteiger partial charge on any atom is -0.465 e. The molecule has 2 unspecified atom stereocenters. The van der Waals surface area contributed by atoms with Crippen molar-refractivity contribution in [3.05, 3.63) is 35.1 Å². The van der Waals surface area contributed by atoms with Crippen LogP contribution in [0.5, 0.6) is 0 Å². The van der Waals surface area contributed by atoms with Crippen molar-refractivity contribution in [1.82, 2.24) is 5.32 Å². The van der Waals surface area contributed by atoms with E-state index in [1.54, 1.807) is 0 Å². The van der Waals surface area contributed by atoms with Gasteiger partial charge in [0.2, 0.25) is 5.91 Å². The summed E-state index contributed by atoms with van der Waals surface area (Å²) >= 11 is 0. The van der Waals surface area contributed by atoms with Crippen LogP contribution in [0.2, 0.25) is 0 Å². The number of amides is 1. The first-order chi connectivity index (χ1) is 9.36. The van der Waals surface area contributed by atoms with Crippen LogP contribution in [0, 0.1) is 5.82 Å². The summed E-state index contributed by atoms with van der Waals surface area (Å²) in [6.07, 6.45) is -2.65. The quantitative estimate of drug-likeness (QED) is 0.669. The summed E-state index contributed by atoms with van der Waals surface area (Å²) in [6.45, 7) is 1.10. The van der Waals surface area contributed by atoms with Gasteiger partial charge in [0.1, 0.15) is 18.0 Å². The molecule has 0 aliphatic carbocycles. The van der Waals surface area contributed by atoms with E-state index >= 15 is 0 Å². The second-order valence-corrected chi connectivity index (χ2v) is 4.18. The highest BCUT2D eigenvalue weighted by atomic mass is 19.1. The van der Waals surface area contributed by atoms with Crippen LogP contribution in [0.4, 0.5) is 4.39 Å². The van der Waals surface area contributed by atoms with E-state index < -0.39 is 24.0 Å². The molecule has 1 rings (SSSR count). The Hall–Kier alpha value is -1.99. The third-order valence-corrected chi connectivity index (χ3v) is 2.66. The van der Waals surface area contributed by atoms with Crippen LogP contribution in [0.1, 0.15) is 28.9 Å². The van der Waals surface area contributed by atoms with Gasteiger partial charge in [0.15, 0.2) is 0 Å². The number of benzene rings is 1. The smallest absolute Gasteiger partial charge is 0.340 e. The lowest BCUT2D eigenvalue weighted by molar-refractivity contribution is -0.119. The van der Waals surface area contributed by atoms with Crippen molar-refractivity contribution in [1.29, 1.82) is 0 Å². The van der Waals surface area contributed by atoms with Gasteiger partial charge in [-0.2, -0.15) is 0 Å². The number of carbonyl (C=O) groups is 2. The van der Waals surface area contributed by atoms with Gasteiger partial charge in [-0.05, 0) is 17.7 Å². The number of hydrogen-bond donors (Lipinski definition) is 3. The average molecular weight is 285 g/mol. The number of aliphatic hydroxyl groups is 2. The molecule has 0 heterocycles. The van der Waals surface area contributed by atoms with Gasteiger partial charge in [-0.1, -0.05) is 6.07 Å². The Kier molecular flexibility index (Phi) is 5.60. The SMILES string of the molecule is COC(=O)c1cc(C(O)C(O)CNC(C)=O)ccc1F. The number of carbonyl (C=O) groups excluding carboxylic acids is 2. The van der Waals surface area contributed by atoms with Crippen molar-refractivity contribution in [2.45, 2.75) is 19.1 Å². The zero-order valence-corrected chi connectivity index (χ0v) is 11.1. The van der Waals surface area contributed by atoms with Gasteiger partial charge in [-0.25, -0.2) is 9.18 Å². The number of esters is 1. The van der Waals surface area contributed by atoms with Crippen molar-refractivity contribution in [3.63, 3.8) is 0 Å². The van der Waals surface area contributed by atoms with Crippen molar-refractivity contribution in [2.24, 2.45) is 0 Å². The first-order valence-electron chi connectivity index (χ1n) is 5.85. The molecule has 1 aromatic rings. The van der Waals surface area contributed by atoms with Crippen molar-refractivity contribution in [3.8, 4) is 0 Å². The van der Waals surface area contributed by atoms with E-state index in [2.05, 4.69) is 10.1 Å². The third kappa shape index (κ3) is 4.01. The average Bonchev–Trinajstić information content (AvgIpc) is 2.43. The summed E-state index contributed by atoms with van der Waals surface area (Å²) in [5.41, 5.74) is -0.194. The zero-order chi connectivity index (χ0) is 15.3. The lowest BCUT2D eigenvalue weighted by Gasteiger charge is -2.19. The van der Waals surface area contributed by atoms with Crippen LogP contribution in [-0.4, -0.2) is 41.8 Å². The Morgan fingerprint density at radius 1 is 1.40 bits per heavy atom. The summed E-state index contributed by atoms with van der Waals surface area (Å²) < 4.78 is 17.8. The monoisotopic (exact) mass is 285 g/mol. The number of ether oxygens (including phenoxy) is 1. The van der Waals surface area contributed by atoms with E-state index in [1.807, 2.05) is 0 Å². The van der Waals surface area contributed by atoms with Crippen molar-refractivity contribution in [2.75, 3.05) is 13.7 Å². The van der Waals surface area contributed by atoms with E-state index in [0.29, 0.717) is 0 Å². The maximum atomic E-state index is 13.4. The highest BCUT2D eigenvalue weighted by Crippen LogP contribution is 2.20. The van der Waals surface area contributed by atoms with Crippen LogP contribution in [0.3, 0.4) is 0 Å². The Morgan fingerprint density at radius 3 is 2.60 bits per heavy atom. The standard InChI is InChI=1S/C13H16FNO5/c1-7(16)15-6-11(17)12(18)8-3-4-10(14)9(5-8)13(19)20-2/h3-5,11-12,17-18H,6H2,1-2H3,(H,15,16). The highest BCUT2D eigenvalue weighted by Gasteiger charge is 2.21. The predicted octanol–water partition coefficient (Wildman–Crippen LogP) is 0.143. The fraction of sp³-hybridized carbons (Fsp3) is 0.385. The molecule has 7 heteroatoms. The summed E-state index contributed by atoms with van der Waals surface area (Å²) in [7, 11) is 1.11. The minimum atomic E-state index is -1.37. The van der Waals surface area contributed by atoms with Gasteiger partial charge in [0.05, 0.1) is 12.7 Å². The molecule has 0 aliphatic rings. The zero-order valence-electron chi connectivity index (χ0n) is 11.1. The number of aliphatic hydroxyl groups excluding tert-OH is 2. The number of rotatable bonds is 5.